The van der Waals surface area contributed by atoms with Gasteiger partial charge in [-0.3, -0.25) is 4.79 Å². The van der Waals surface area contributed by atoms with Crippen molar-refractivity contribution in [3.05, 3.63) is 16.0 Å². The van der Waals surface area contributed by atoms with Crippen molar-refractivity contribution in [3.63, 3.8) is 0 Å². The summed E-state index contributed by atoms with van der Waals surface area (Å²) in [5, 5.41) is 3.64. The average molecular weight is 382 g/mol. The summed E-state index contributed by atoms with van der Waals surface area (Å²) in [6.07, 6.45) is 4.99. The van der Waals surface area contributed by atoms with Gasteiger partial charge in [-0.2, -0.15) is 0 Å². The Labute approximate surface area is 158 Å². The third kappa shape index (κ3) is 4.45. The highest BCUT2D eigenvalue weighted by Gasteiger charge is 2.28. The maximum atomic E-state index is 12.5. The summed E-state index contributed by atoms with van der Waals surface area (Å²) in [7, 11) is 1.39. The molecule has 1 aliphatic carbocycles. The van der Waals surface area contributed by atoms with Crippen LogP contribution in [-0.4, -0.2) is 50.8 Å². The van der Waals surface area contributed by atoms with Gasteiger partial charge in [-0.15, -0.1) is 11.3 Å². The first kappa shape index (κ1) is 19.3. The van der Waals surface area contributed by atoms with Gasteiger partial charge in [0.1, 0.15) is 30.3 Å². The molecule has 2 aliphatic rings. The molecule has 1 saturated heterocycles. The van der Waals surface area contributed by atoms with Crippen LogP contribution in [0.1, 0.15) is 53.9 Å². The zero-order chi connectivity index (χ0) is 18.7. The lowest BCUT2D eigenvalue weighted by Gasteiger charge is -2.32. The standard InChI is InChI=1S/C19H28N2O4S/c1-12-10-21(11-13(2)25-12)9-8-16(22)20-18-17(19(23)24-3)14-6-4-5-7-15(14)26-18/h12-13H,4-11H2,1-3H3,(H,20,22)/p+1/t12-,13-/m1/s1. The fourth-order valence-electron chi connectivity index (χ4n) is 4.04. The fourth-order valence-corrected chi connectivity index (χ4v) is 5.34. The zero-order valence-electron chi connectivity index (χ0n) is 15.9. The summed E-state index contributed by atoms with van der Waals surface area (Å²) in [6, 6.07) is 0. The van der Waals surface area contributed by atoms with Gasteiger partial charge in [-0.1, -0.05) is 0 Å². The predicted octanol–water partition coefficient (Wildman–Crippen LogP) is 1.43. The van der Waals surface area contributed by atoms with Crippen LogP contribution in [0.4, 0.5) is 5.00 Å². The minimum atomic E-state index is -0.346. The Morgan fingerprint density at radius 2 is 1.92 bits per heavy atom. The summed E-state index contributed by atoms with van der Waals surface area (Å²) in [5.41, 5.74) is 1.64. The van der Waals surface area contributed by atoms with Gasteiger partial charge in [0, 0.05) is 4.88 Å². The number of fused-ring (bicyclic) bond motifs is 1. The lowest BCUT2D eigenvalue weighted by atomic mass is 9.95. The van der Waals surface area contributed by atoms with Crippen molar-refractivity contribution in [2.75, 3.05) is 32.1 Å². The average Bonchev–Trinajstić information content (AvgIpc) is 2.96. The quantitative estimate of drug-likeness (QED) is 0.757. The first-order valence-electron chi connectivity index (χ1n) is 9.49. The van der Waals surface area contributed by atoms with Crippen LogP contribution in [0.3, 0.4) is 0 Å². The molecule has 1 amide bonds. The number of quaternary nitrogens is 1. The topological polar surface area (TPSA) is 69.1 Å². The summed E-state index contributed by atoms with van der Waals surface area (Å²) >= 11 is 1.54. The van der Waals surface area contributed by atoms with E-state index in [9.17, 15) is 9.59 Å². The number of amides is 1. The van der Waals surface area contributed by atoms with Crippen molar-refractivity contribution < 1.29 is 24.0 Å². The molecule has 0 aromatic carbocycles. The molecule has 7 heteroatoms. The van der Waals surface area contributed by atoms with E-state index in [1.54, 1.807) is 0 Å². The van der Waals surface area contributed by atoms with E-state index in [0.29, 0.717) is 17.0 Å². The van der Waals surface area contributed by atoms with Gasteiger partial charge >= 0.3 is 5.97 Å². The minimum absolute atomic E-state index is 0.0342. The number of carbonyl (C=O) groups excluding carboxylic acids is 2. The highest BCUT2D eigenvalue weighted by molar-refractivity contribution is 7.17. The molecule has 1 aliphatic heterocycles. The molecule has 26 heavy (non-hydrogen) atoms. The van der Waals surface area contributed by atoms with Crippen LogP contribution in [0, 0.1) is 0 Å². The van der Waals surface area contributed by atoms with E-state index in [-0.39, 0.29) is 24.1 Å². The van der Waals surface area contributed by atoms with Crippen LogP contribution in [0.25, 0.3) is 0 Å². The number of esters is 1. The van der Waals surface area contributed by atoms with Gasteiger partial charge in [0.2, 0.25) is 5.91 Å². The maximum absolute atomic E-state index is 12.5. The van der Waals surface area contributed by atoms with E-state index in [0.717, 1.165) is 50.9 Å². The smallest absolute Gasteiger partial charge is 0.341 e. The Morgan fingerprint density at radius 1 is 1.23 bits per heavy atom. The molecule has 0 spiro atoms. The van der Waals surface area contributed by atoms with Crippen LogP contribution < -0.4 is 10.2 Å². The number of nitrogens with one attached hydrogen (secondary N) is 2. The van der Waals surface area contributed by atoms with Crippen LogP contribution >= 0.6 is 11.3 Å². The molecule has 0 bridgehead atoms. The molecule has 0 radical (unpaired) electrons. The molecule has 6 nitrogen and oxygen atoms in total. The van der Waals surface area contributed by atoms with E-state index >= 15 is 0 Å². The second-order valence-corrected chi connectivity index (χ2v) is 8.48. The zero-order valence-corrected chi connectivity index (χ0v) is 16.7. The number of carbonyl (C=O) groups is 2. The van der Waals surface area contributed by atoms with Crippen molar-refractivity contribution in [1.82, 2.24) is 0 Å². The maximum Gasteiger partial charge on any atom is 0.341 e. The number of methoxy groups -OCH3 is 1. The number of hydrogen-bond acceptors (Lipinski definition) is 5. The van der Waals surface area contributed by atoms with E-state index in [1.807, 2.05) is 0 Å². The Morgan fingerprint density at radius 3 is 2.62 bits per heavy atom. The molecule has 0 unspecified atom stereocenters. The minimum Gasteiger partial charge on any atom is -0.465 e. The normalized spacial score (nSPS) is 25.4. The SMILES string of the molecule is COC(=O)c1c(NC(=O)CC[NH+]2C[C@@H](C)O[C@H](C)C2)sc2c1CCCC2. The molecule has 2 heterocycles. The molecule has 1 aromatic heterocycles. The molecule has 1 fully saturated rings. The summed E-state index contributed by atoms with van der Waals surface area (Å²) in [6.45, 7) is 6.79. The van der Waals surface area contributed by atoms with Gasteiger partial charge in [0.15, 0.2) is 0 Å². The molecule has 3 rings (SSSR count). The number of rotatable bonds is 5. The Bertz CT molecular complexity index is 663. The first-order chi connectivity index (χ1) is 12.5. The molecule has 2 N–H and O–H groups in total. The van der Waals surface area contributed by atoms with Crippen molar-refractivity contribution in [1.29, 1.82) is 0 Å². The van der Waals surface area contributed by atoms with Crippen molar-refractivity contribution >= 4 is 28.2 Å². The molecule has 2 atom stereocenters. The number of anilines is 1. The number of thiophene rings is 1. The number of morpholine rings is 1. The van der Waals surface area contributed by atoms with E-state index in [2.05, 4.69) is 19.2 Å². The summed E-state index contributed by atoms with van der Waals surface area (Å²) in [4.78, 5) is 27.3. The molecule has 144 valence electrons. The van der Waals surface area contributed by atoms with E-state index in [4.69, 9.17) is 9.47 Å². The molecule has 0 saturated carbocycles. The van der Waals surface area contributed by atoms with E-state index < -0.39 is 0 Å². The second-order valence-electron chi connectivity index (χ2n) is 7.37. The lowest BCUT2D eigenvalue weighted by molar-refractivity contribution is -0.914. The highest BCUT2D eigenvalue weighted by Crippen LogP contribution is 2.38. The van der Waals surface area contributed by atoms with Crippen molar-refractivity contribution in [2.45, 2.75) is 58.2 Å². The Hall–Kier alpha value is -1.44. The van der Waals surface area contributed by atoms with Crippen LogP contribution in [-0.2, 0) is 27.1 Å². The number of aryl methyl sites for hydroxylation is 1. The first-order valence-corrected chi connectivity index (χ1v) is 10.3. The fraction of sp³-hybridized carbons (Fsp3) is 0.684. The largest absolute Gasteiger partial charge is 0.465 e. The van der Waals surface area contributed by atoms with Crippen LogP contribution in [0.2, 0.25) is 0 Å². The Kier molecular flexibility index (Phi) is 6.32. The van der Waals surface area contributed by atoms with Crippen molar-refractivity contribution in [2.24, 2.45) is 0 Å². The number of hydrogen-bond donors (Lipinski definition) is 2. The van der Waals surface area contributed by atoms with Gasteiger partial charge in [0.05, 0.1) is 25.6 Å². The Balaban J connectivity index is 1.64. The van der Waals surface area contributed by atoms with Crippen LogP contribution in [0.15, 0.2) is 0 Å². The van der Waals surface area contributed by atoms with Gasteiger partial charge in [-0.25, -0.2) is 4.79 Å². The molecule has 1 aromatic rings. The lowest BCUT2D eigenvalue weighted by Crippen LogP contribution is -3.15. The van der Waals surface area contributed by atoms with Crippen LogP contribution in [0.5, 0.6) is 0 Å². The third-order valence-corrected chi connectivity index (χ3v) is 6.34. The summed E-state index contributed by atoms with van der Waals surface area (Å²) in [5.74, 6) is -0.380. The number of ether oxygens (including phenoxy) is 2. The monoisotopic (exact) mass is 381 g/mol. The van der Waals surface area contributed by atoms with Gasteiger partial charge in [-0.05, 0) is 45.1 Å². The van der Waals surface area contributed by atoms with Gasteiger partial charge in [0.25, 0.3) is 0 Å². The molecular formula is C19H29N2O4S+. The molecular weight excluding hydrogens is 352 g/mol. The predicted molar refractivity (Wildman–Crippen MR) is 101 cm³/mol. The van der Waals surface area contributed by atoms with E-state index in [1.165, 1.54) is 28.2 Å². The van der Waals surface area contributed by atoms with Crippen molar-refractivity contribution in [3.8, 4) is 0 Å². The highest BCUT2D eigenvalue weighted by atomic mass is 32.1. The second kappa shape index (κ2) is 8.50. The summed E-state index contributed by atoms with van der Waals surface area (Å²) < 4.78 is 10.7. The third-order valence-electron chi connectivity index (χ3n) is 5.14. The van der Waals surface area contributed by atoms with Gasteiger partial charge < -0.3 is 19.7 Å².